The van der Waals surface area contributed by atoms with Crippen molar-refractivity contribution in [2.45, 2.75) is 51.6 Å². The van der Waals surface area contributed by atoms with Crippen LogP contribution in [-0.2, 0) is 4.79 Å². The molecular weight excluding hydrogens is 306 g/mol. The summed E-state index contributed by atoms with van der Waals surface area (Å²) < 4.78 is 0. The van der Waals surface area contributed by atoms with Gasteiger partial charge in [-0.25, -0.2) is 0 Å². The van der Waals surface area contributed by atoms with Crippen molar-refractivity contribution in [3.63, 3.8) is 0 Å². The number of amides is 1. The van der Waals surface area contributed by atoms with E-state index >= 15 is 0 Å². The zero-order valence-electron chi connectivity index (χ0n) is 13.5. The highest BCUT2D eigenvalue weighted by Gasteiger charge is 2.46. The molecule has 1 saturated carbocycles. The quantitative estimate of drug-likeness (QED) is 0.775. The number of nitriles is 1. The number of hydrogen-bond donors (Lipinski definition) is 2. The average molecular weight is 327 g/mol. The summed E-state index contributed by atoms with van der Waals surface area (Å²) in [5.41, 5.74) is 2.90. The van der Waals surface area contributed by atoms with Crippen LogP contribution in [0.4, 0.5) is 5.69 Å². The monoisotopic (exact) mass is 327 g/mol. The lowest BCUT2D eigenvalue weighted by Gasteiger charge is -2.50. The molecular formula is C18H21N3OS. The normalized spacial score (nSPS) is 20.4. The first-order valence-electron chi connectivity index (χ1n) is 8.02. The van der Waals surface area contributed by atoms with Gasteiger partial charge in [-0.2, -0.15) is 5.26 Å². The molecule has 2 aliphatic rings. The molecule has 0 radical (unpaired) electrons. The fraction of sp³-hybridized carbons (Fsp3) is 0.444. The lowest BCUT2D eigenvalue weighted by molar-refractivity contribution is -0.120. The van der Waals surface area contributed by atoms with Gasteiger partial charge in [0.1, 0.15) is 17.3 Å². The summed E-state index contributed by atoms with van der Waals surface area (Å²) >= 11 is 4.59. The van der Waals surface area contributed by atoms with Gasteiger partial charge in [-0.05, 0) is 56.7 Å². The molecule has 1 aliphatic heterocycles. The zero-order chi connectivity index (χ0) is 16.6. The Balaban J connectivity index is 2.22. The van der Waals surface area contributed by atoms with Crippen molar-refractivity contribution in [3.8, 4) is 6.07 Å². The maximum absolute atomic E-state index is 12.4. The van der Waals surface area contributed by atoms with Crippen molar-refractivity contribution < 1.29 is 4.79 Å². The maximum atomic E-state index is 12.4. The van der Waals surface area contributed by atoms with E-state index in [2.05, 4.69) is 48.0 Å². The number of anilines is 1. The second-order valence-electron chi connectivity index (χ2n) is 6.48. The van der Waals surface area contributed by atoms with E-state index < -0.39 is 5.66 Å². The largest absolute Gasteiger partial charge is 0.328 e. The summed E-state index contributed by atoms with van der Waals surface area (Å²) in [4.78, 5) is 14.5. The fourth-order valence-corrected chi connectivity index (χ4v) is 4.09. The number of carbonyl (C=O) groups is 1. The van der Waals surface area contributed by atoms with Crippen LogP contribution in [0.15, 0.2) is 28.8 Å². The molecule has 5 heteroatoms. The number of nitrogens with one attached hydrogen (secondary N) is 1. The number of nitrogens with zero attached hydrogens (tertiary/aromatic N) is 2. The van der Waals surface area contributed by atoms with Crippen LogP contribution in [0.2, 0.25) is 0 Å². The van der Waals surface area contributed by atoms with Gasteiger partial charge in [0, 0.05) is 5.69 Å². The van der Waals surface area contributed by atoms with Crippen LogP contribution in [0.25, 0.3) is 0 Å². The van der Waals surface area contributed by atoms with Gasteiger partial charge < -0.3 is 10.2 Å². The van der Waals surface area contributed by atoms with Crippen molar-refractivity contribution in [1.29, 1.82) is 5.26 Å². The minimum absolute atomic E-state index is 0.0884. The van der Waals surface area contributed by atoms with Gasteiger partial charge in [-0.3, -0.25) is 4.79 Å². The average Bonchev–Trinajstić information content (AvgIpc) is 2.51. The number of hydrogen-bond acceptors (Lipinski definition) is 4. The molecule has 1 spiro atoms. The molecule has 0 saturated heterocycles. The van der Waals surface area contributed by atoms with Crippen LogP contribution >= 0.6 is 12.6 Å². The third-order valence-electron chi connectivity index (χ3n) is 4.83. The number of aryl methyl sites for hydroxylation is 2. The molecule has 23 heavy (non-hydrogen) atoms. The first-order valence-corrected chi connectivity index (χ1v) is 8.46. The van der Waals surface area contributed by atoms with Crippen LogP contribution in [-0.4, -0.2) is 11.6 Å². The molecule has 0 unspecified atom stereocenters. The topological polar surface area (TPSA) is 56.1 Å². The van der Waals surface area contributed by atoms with E-state index in [-0.39, 0.29) is 11.5 Å². The third kappa shape index (κ3) is 2.61. The molecule has 4 nitrogen and oxygen atoms in total. The molecule has 1 amide bonds. The predicted octanol–water partition coefficient (Wildman–Crippen LogP) is 3.57. The van der Waals surface area contributed by atoms with Gasteiger partial charge in [0.15, 0.2) is 0 Å². The molecule has 120 valence electrons. The molecule has 0 aromatic heterocycles. The first kappa shape index (κ1) is 15.9. The van der Waals surface area contributed by atoms with Gasteiger partial charge in [-0.1, -0.05) is 18.6 Å². The summed E-state index contributed by atoms with van der Waals surface area (Å²) in [6, 6.07) is 8.26. The Hall–Kier alpha value is -1.93. The second kappa shape index (κ2) is 5.93. The molecule has 1 aromatic rings. The number of rotatable bonds is 1. The highest BCUT2D eigenvalue weighted by atomic mass is 32.1. The van der Waals surface area contributed by atoms with E-state index in [1.54, 1.807) is 0 Å². The SMILES string of the molecule is Cc1ccc(C)c(N2C(S)=C(C#N)C(=O)NC23CCCCC3)c1. The highest BCUT2D eigenvalue weighted by Crippen LogP contribution is 2.43. The van der Waals surface area contributed by atoms with Crippen molar-refractivity contribution in [2.24, 2.45) is 0 Å². The fourth-order valence-electron chi connectivity index (χ4n) is 3.64. The van der Waals surface area contributed by atoms with Gasteiger partial charge in [-0.15, -0.1) is 12.6 Å². The Labute approximate surface area is 142 Å². The molecule has 1 N–H and O–H groups in total. The zero-order valence-corrected chi connectivity index (χ0v) is 14.4. The molecule has 1 fully saturated rings. The first-order chi connectivity index (χ1) is 11.0. The highest BCUT2D eigenvalue weighted by molar-refractivity contribution is 7.84. The van der Waals surface area contributed by atoms with Crippen LogP contribution in [0, 0.1) is 25.2 Å². The minimum Gasteiger partial charge on any atom is -0.328 e. The van der Waals surface area contributed by atoms with Crippen LogP contribution in [0.5, 0.6) is 0 Å². The third-order valence-corrected chi connectivity index (χ3v) is 5.26. The summed E-state index contributed by atoms with van der Waals surface area (Å²) in [7, 11) is 0. The molecule has 1 aliphatic carbocycles. The van der Waals surface area contributed by atoms with Crippen molar-refractivity contribution in [1.82, 2.24) is 5.32 Å². The van der Waals surface area contributed by atoms with Gasteiger partial charge in [0.05, 0.1) is 5.03 Å². The Morgan fingerprint density at radius 2 is 1.96 bits per heavy atom. The Morgan fingerprint density at radius 1 is 1.26 bits per heavy atom. The minimum atomic E-state index is -0.467. The lowest BCUT2D eigenvalue weighted by Crippen LogP contribution is -2.64. The summed E-state index contributed by atoms with van der Waals surface area (Å²) in [6.07, 6.45) is 5.04. The van der Waals surface area contributed by atoms with E-state index in [1.807, 2.05) is 13.0 Å². The number of carbonyl (C=O) groups excluding carboxylic acids is 1. The summed E-state index contributed by atoms with van der Waals surface area (Å²) in [5.74, 6) is -0.305. The van der Waals surface area contributed by atoms with Gasteiger partial charge in [0.2, 0.25) is 0 Å². The standard InChI is InChI=1S/C18H21N3OS/c1-12-6-7-13(2)15(10-12)21-17(23)14(11-19)16(22)20-18(21)8-4-3-5-9-18/h6-7,10,23H,3-5,8-9H2,1-2H3,(H,20,22). The molecule has 0 atom stereocenters. The van der Waals surface area contributed by atoms with E-state index in [0.717, 1.165) is 42.5 Å². The van der Waals surface area contributed by atoms with E-state index in [1.165, 1.54) is 6.42 Å². The van der Waals surface area contributed by atoms with Crippen LogP contribution < -0.4 is 10.2 Å². The molecule has 3 rings (SSSR count). The number of benzene rings is 1. The van der Waals surface area contributed by atoms with E-state index in [9.17, 15) is 10.1 Å². The van der Waals surface area contributed by atoms with Gasteiger partial charge in [0.25, 0.3) is 5.91 Å². The lowest BCUT2D eigenvalue weighted by atomic mass is 9.85. The Morgan fingerprint density at radius 3 is 2.61 bits per heavy atom. The van der Waals surface area contributed by atoms with Crippen LogP contribution in [0.1, 0.15) is 43.2 Å². The summed E-state index contributed by atoms with van der Waals surface area (Å²) in [6.45, 7) is 4.10. The second-order valence-corrected chi connectivity index (χ2v) is 6.91. The van der Waals surface area contributed by atoms with E-state index in [0.29, 0.717) is 5.03 Å². The van der Waals surface area contributed by atoms with Gasteiger partial charge >= 0.3 is 0 Å². The Kier molecular flexibility index (Phi) is 4.11. The van der Waals surface area contributed by atoms with Crippen molar-refractivity contribution >= 4 is 24.2 Å². The van der Waals surface area contributed by atoms with Crippen molar-refractivity contribution in [2.75, 3.05) is 4.90 Å². The van der Waals surface area contributed by atoms with E-state index in [4.69, 9.17) is 0 Å². The summed E-state index contributed by atoms with van der Waals surface area (Å²) in [5, 5.41) is 12.9. The molecule has 1 heterocycles. The molecule has 0 bridgehead atoms. The molecule has 1 aromatic carbocycles. The maximum Gasteiger partial charge on any atom is 0.266 e. The predicted molar refractivity (Wildman–Crippen MR) is 94.0 cm³/mol. The van der Waals surface area contributed by atoms with Crippen LogP contribution in [0.3, 0.4) is 0 Å². The smallest absolute Gasteiger partial charge is 0.266 e. The van der Waals surface area contributed by atoms with Crippen molar-refractivity contribution in [3.05, 3.63) is 39.9 Å². The number of thiol groups is 1. The Bertz CT molecular complexity index is 726.